The highest BCUT2D eigenvalue weighted by molar-refractivity contribution is 8.01. The molecule has 0 N–H and O–H groups in total. The molecule has 0 aliphatic carbocycles. The first-order valence-corrected chi connectivity index (χ1v) is 35.9. The molecule has 4 aliphatic rings. The van der Waals surface area contributed by atoms with Gasteiger partial charge in [-0.3, -0.25) is 0 Å². The van der Waals surface area contributed by atoms with Gasteiger partial charge in [0.05, 0.1) is 0 Å². The highest BCUT2D eigenvalue weighted by Crippen LogP contribution is 2.51. The molecule has 4 nitrogen and oxygen atoms in total. The maximum absolute atomic E-state index is 7.15. The zero-order valence-electron chi connectivity index (χ0n) is 60.7. The second kappa shape index (κ2) is 22.3. The molecular weight excluding hydrogens is 1180 g/mol. The lowest BCUT2D eigenvalue weighted by molar-refractivity contribution is 0.480. The van der Waals surface area contributed by atoms with Crippen LogP contribution in [0.5, 0.6) is 23.0 Å². The first-order valence-electron chi connectivity index (χ1n) is 34.3. The number of hydrogen-bond donors (Lipinski definition) is 0. The topological polar surface area (TPSA) is 24.9 Å². The molecule has 4 heterocycles. The molecule has 0 saturated heterocycles. The summed E-state index contributed by atoms with van der Waals surface area (Å²) in [5.41, 5.74) is 25.1. The Balaban J connectivity index is 1.10. The van der Waals surface area contributed by atoms with Crippen LogP contribution < -0.4 is 52.1 Å². The SMILES string of the molecule is CC(C)(C)c1ccc(Oc2cc3c4c(c2)N(c2ccc(C(C)(C)C)cc2)c2cc(C(C)(C)C)cc(C(C)(C)C)c2B4c2cc4c(cc2S3)Sc2cc(Oc3ccc(C(C)(C)C)cc3)cc3c2B4c2c(cc(C(C)(C)C)cc2C(C)(C)C)N3c2ccc(C(C)(C)C)cc2)cc1. The highest BCUT2D eigenvalue weighted by atomic mass is 32.2. The normalized spacial score (nSPS) is 14.6. The smallest absolute Gasteiger partial charge is 0.249 e. The van der Waals surface area contributed by atoms with Crippen LogP contribution in [0.1, 0.15) is 211 Å². The van der Waals surface area contributed by atoms with Crippen molar-refractivity contribution in [3.8, 4) is 23.0 Å². The van der Waals surface area contributed by atoms with Crippen molar-refractivity contribution >= 4 is 104 Å². The molecule has 0 atom stereocenters. The average molecular weight is 1280 g/mol. The number of ether oxygens (including phenoxy) is 2. The quantitative estimate of drug-likeness (QED) is 0.154. The molecule has 4 aliphatic heterocycles. The molecule has 94 heavy (non-hydrogen) atoms. The van der Waals surface area contributed by atoms with Crippen LogP contribution >= 0.6 is 23.5 Å². The van der Waals surface area contributed by atoms with E-state index < -0.39 is 0 Å². The number of anilines is 6. The zero-order valence-corrected chi connectivity index (χ0v) is 62.3. The van der Waals surface area contributed by atoms with Crippen molar-refractivity contribution in [2.24, 2.45) is 0 Å². The third-order valence-electron chi connectivity index (χ3n) is 20.1. The maximum Gasteiger partial charge on any atom is 0.249 e. The summed E-state index contributed by atoms with van der Waals surface area (Å²) in [5.74, 6) is 3.30. The number of nitrogens with zero attached hydrogens (tertiary/aromatic N) is 2. The Bertz CT molecular complexity index is 4200. The highest BCUT2D eigenvalue weighted by Gasteiger charge is 2.49. The number of fused-ring (bicyclic) bond motifs is 8. The second-order valence-corrected chi connectivity index (χ2v) is 37.8. The first kappa shape index (κ1) is 65.7. The standard InChI is InChI=1S/C86H98B2N2O2S2/c1-79(2,3)51-25-33-57(34-26-51)89-67-43-55(83(13,14)15)41-63(85(19,20)21)75(67)87-65-49-66-72(50-71(65)93-73-47-61(45-69(89)77(73)87)91-59-37-29-53(30-38-59)81(7,8)9)94-74-48-62(92-60-39-31-54(32-40-60)82(10,11)12)46-70-78(74)88(66)76-64(86(22,23)24)42-56(84(16,17)18)44-68(76)90(70)58-35-27-52(28-36-58)80(4,5)6/h25-50H,1-24H3. The molecule has 13 rings (SSSR count). The molecule has 9 aromatic carbocycles. The van der Waals surface area contributed by atoms with Gasteiger partial charge in [-0.15, -0.1) is 0 Å². The van der Waals surface area contributed by atoms with Crippen molar-refractivity contribution < 1.29 is 9.47 Å². The Morgan fingerprint density at radius 1 is 0.255 bits per heavy atom. The molecule has 0 spiro atoms. The molecule has 0 fully saturated rings. The van der Waals surface area contributed by atoms with Gasteiger partial charge in [-0.1, -0.05) is 267 Å². The second-order valence-electron chi connectivity index (χ2n) is 35.6. The third kappa shape index (κ3) is 11.9. The van der Waals surface area contributed by atoms with E-state index in [1.54, 1.807) is 0 Å². The fourth-order valence-electron chi connectivity index (χ4n) is 14.5. The molecule has 0 saturated carbocycles. The van der Waals surface area contributed by atoms with Crippen LogP contribution in [0.25, 0.3) is 0 Å². The zero-order chi connectivity index (χ0) is 67.7. The first-order chi connectivity index (χ1) is 43.6. The molecule has 482 valence electrons. The van der Waals surface area contributed by atoms with Crippen LogP contribution in [0.4, 0.5) is 34.1 Å². The van der Waals surface area contributed by atoms with Gasteiger partial charge in [0.1, 0.15) is 23.0 Å². The van der Waals surface area contributed by atoms with E-state index >= 15 is 0 Å². The fraction of sp³-hybridized carbons (Fsp3) is 0.372. The lowest BCUT2D eigenvalue weighted by Crippen LogP contribution is -2.65. The monoisotopic (exact) mass is 1280 g/mol. The predicted molar refractivity (Wildman–Crippen MR) is 409 cm³/mol. The van der Waals surface area contributed by atoms with Crippen molar-refractivity contribution in [3.63, 3.8) is 0 Å². The van der Waals surface area contributed by atoms with Gasteiger partial charge in [0.25, 0.3) is 0 Å². The third-order valence-corrected chi connectivity index (χ3v) is 22.3. The van der Waals surface area contributed by atoms with Gasteiger partial charge in [0.15, 0.2) is 0 Å². The summed E-state index contributed by atoms with van der Waals surface area (Å²) in [6, 6.07) is 61.2. The molecule has 0 unspecified atom stereocenters. The number of rotatable bonds is 6. The Hall–Kier alpha value is -6.99. The summed E-state index contributed by atoms with van der Waals surface area (Å²) in [7, 11) is 0. The minimum absolute atomic E-state index is 0.0108. The minimum Gasteiger partial charge on any atom is -0.457 e. The summed E-state index contributed by atoms with van der Waals surface area (Å²) in [4.78, 5) is 10.2. The molecule has 9 aromatic rings. The molecule has 8 heteroatoms. The van der Waals surface area contributed by atoms with E-state index in [0.717, 1.165) is 45.7 Å². The Labute approximate surface area is 573 Å². The van der Waals surface area contributed by atoms with Gasteiger partial charge >= 0.3 is 0 Å². The van der Waals surface area contributed by atoms with Gasteiger partial charge < -0.3 is 19.3 Å². The molecular formula is C86H98B2N2O2S2. The van der Waals surface area contributed by atoms with Crippen molar-refractivity contribution in [1.82, 2.24) is 0 Å². The fourth-order valence-corrected chi connectivity index (χ4v) is 17.0. The van der Waals surface area contributed by atoms with Crippen LogP contribution in [0.2, 0.25) is 0 Å². The predicted octanol–water partition coefficient (Wildman–Crippen LogP) is 21.2. The van der Waals surface area contributed by atoms with Crippen LogP contribution in [-0.2, 0) is 43.3 Å². The van der Waals surface area contributed by atoms with Crippen molar-refractivity contribution in [2.45, 2.75) is 229 Å². The van der Waals surface area contributed by atoms with Gasteiger partial charge in [-0.05, 0) is 189 Å². The van der Waals surface area contributed by atoms with E-state index in [-0.39, 0.29) is 56.7 Å². The lowest BCUT2D eigenvalue weighted by atomic mass is 9.30. The Kier molecular flexibility index (Phi) is 15.6. The Morgan fingerprint density at radius 2 is 0.543 bits per heavy atom. The largest absolute Gasteiger partial charge is 0.457 e. The summed E-state index contributed by atoms with van der Waals surface area (Å²) in [6.45, 7) is 56.1. The lowest BCUT2D eigenvalue weighted by Gasteiger charge is -2.45. The summed E-state index contributed by atoms with van der Waals surface area (Å²) < 4.78 is 14.3. The maximum atomic E-state index is 7.15. The van der Waals surface area contributed by atoms with Crippen LogP contribution in [-0.4, -0.2) is 13.4 Å². The van der Waals surface area contributed by atoms with Crippen molar-refractivity contribution in [3.05, 3.63) is 202 Å². The van der Waals surface area contributed by atoms with Gasteiger partial charge in [0, 0.05) is 65.8 Å². The molecule has 0 amide bonds. The van der Waals surface area contributed by atoms with E-state index in [1.807, 2.05) is 23.5 Å². The van der Waals surface area contributed by atoms with Gasteiger partial charge in [0.2, 0.25) is 13.4 Å². The van der Waals surface area contributed by atoms with Crippen molar-refractivity contribution in [2.75, 3.05) is 9.80 Å². The summed E-state index contributed by atoms with van der Waals surface area (Å²) >= 11 is 3.82. The van der Waals surface area contributed by atoms with E-state index in [2.05, 4.69) is 334 Å². The average Bonchev–Trinajstić information content (AvgIpc) is 0.693. The molecule has 0 radical (unpaired) electrons. The molecule has 0 aromatic heterocycles. The van der Waals surface area contributed by atoms with E-state index in [1.165, 1.54) is 108 Å². The van der Waals surface area contributed by atoms with E-state index in [0.29, 0.717) is 0 Å². The number of hydrogen-bond acceptors (Lipinski definition) is 6. The number of benzene rings is 9. The van der Waals surface area contributed by atoms with Crippen molar-refractivity contribution in [1.29, 1.82) is 0 Å². The van der Waals surface area contributed by atoms with E-state index in [4.69, 9.17) is 9.47 Å². The molecule has 0 bridgehead atoms. The van der Waals surface area contributed by atoms with Crippen LogP contribution in [0, 0.1) is 0 Å². The van der Waals surface area contributed by atoms with Gasteiger partial charge in [-0.2, -0.15) is 0 Å². The van der Waals surface area contributed by atoms with Gasteiger partial charge in [-0.25, -0.2) is 0 Å². The van der Waals surface area contributed by atoms with E-state index in [9.17, 15) is 0 Å². The summed E-state index contributed by atoms with van der Waals surface area (Å²) in [5, 5.41) is 0. The van der Waals surface area contributed by atoms with Crippen LogP contribution in [0.15, 0.2) is 177 Å². The van der Waals surface area contributed by atoms with Crippen LogP contribution in [0.3, 0.4) is 0 Å². The Morgan fingerprint density at radius 3 is 0.830 bits per heavy atom. The summed E-state index contributed by atoms with van der Waals surface area (Å²) in [6.07, 6.45) is 0. The minimum atomic E-state index is -0.215.